The van der Waals surface area contributed by atoms with Crippen molar-refractivity contribution < 1.29 is 39.4 Å². The first-order valence-electron chi connectivity index (χ1n) is 8.48. The van der Waals surface area contributed by atoms with Gasteiger partial charge in [-0.2, -0.15) is 0 Å². The molecular formula is C19H16O8. The molecule has 2 aliphatic heterocycles. The third-order valence-corrected chi connectivity index (χ3v) is 5.60. The van der Waals surface area contributed by atoms with Crippen LogP contribution in [0.3, 0.4) is 0 Å². The van der Waals surface area contributed by atoms with Gasteiger partial charge in [0.15, 0.2) is 28.7 Å². The van der Waals surface area contributed by atoms with Crippen molar-refractivity contribution in [2.45, 2.75) is 12.0 Å². The van der Waals surface area contributed by atoms with E-state index in [0.717, 1.165) is 0 Å². The lowest BCUT2D eigenvalue weighted by Crippen LogP contribution is -2.34. The van der Waals surface area contributed by atoms with Crippen LogP contribution in [0.15, 0.2) is 24.3 Å². The SMILES string of the molecule is O=C1OC[C@H]2[C@H]1[C@H](c1cc(O)c(O)c(O)c1)c1cc3c(cc1[C@H]2O)OCO3. The maximum Gasteiger partial charge on any atom is 0.310 e. The molecule has 0 bridgehead atoms. The predicted molar refractivity (Wildman–Crippen MR) is 88.7 cm³/mol. The number of benzene rings is 2. The highest BCUT2D eigenvalue weighted by Gasteiger charge is 2.52. The molecule has 5 rings (SSSR count). The van der Waals surface area contributed by atoms with Gasteiger partial charge in [-0.3, -0.25) is 4.79 Å². The van der Waals surface area contributed by atoms with E-state index in [2.05, 4.69) is 0 Å². The fourth-order valence-electron chi connectivity index (χ4n) is 4.34. The number of hydrogen-bond acceptors (Lipinski definition) is 8. The Morgan fingerprint density at radius 2 is 1.52 bits per heavy atom. The molecule has 0 aromatic heterocycles. The summed E-state index contributed by atoms with van der Waals surface area (Å²) >= 11 is 0. The van der Waals surface area contributed by atoms with E-state index < -0.39 is 47.1 Å². The Balaban J connectivity index is 1.75. The maximum atomic E-state index is 12.5. The number of phenols is 3. The second kappa shape index (κ2) is 5.43. The highest BCUT2D eigenvalue weighted by Crippen LogP contribution is 2.55. The van der Waals surface area contributed by atoms with E-state index in [0.29, 0.717) is 28.2 Å². The lowest BCUT2D eigenvalue weighted by molar-refractivity contribution is -0.141. The molecule has 140 valence electrons. The van der Waals surface area contributed by atoms with Gasteiger partial charge >= 0.3 is 5.97 Å². The van der Waals surface area contributed by atoms with Gasteiger partial charge in [0.1, 0.15) is 0 Å². The standard InChI is InChI=1S/C19H16O8/c20-11-1-7(2-12(21)18(11)23)15-8-3-13-14(27-6-26-13)4-9(8)17(22)10-5-25-19(24)16(10)15/h1-4,10,15-17,20-23H,5-6H2/t10-,15+,16-,17+/m0/s1. The Morgan fingerprint density at radius 3 is 2.19 bits per heavy atom. The first-order chi connectivity index (χ1) is 13.0. The van der Waals surface area contributed by atoms with E-state index in [9.17, 15) is 25.2 Å². The van der Waals surface area contributed by atoms with E-state index in [-0.39, 0.29) is 13.4 Å². The van der Waals surface area contributed by atoms with Crippen LogP contribution in [-0.4, -0.2) is 39.8 Å². The number of aliphatic hydroxyl groups is 1. The number of aromatic hydroxyl groups is 3. The molecule has 2 heterocycles. The Bertz CT molecular complexity index is 945. The van der Waals surface area contributed by atoms with Crippen molar-refractivity contribution in [3.05, 3.63) is 41.0 Å². The number of carbonyl (C=O) groups is 1. The lowest BCUT2D eigenvalue weighted by atomic mass is 9.66. The molecule has 8 heteroatoms. The number of esters is 1. The second-order valence-electron chi connectivity index (χ2n) is 6.98. The van der Waals surface area contributed by atoms with Gasteiger partial charge in [-0.25, -0.2) is 0 Å². The van der Waals surface area contributed by atoms with Crippen LogP contribution in [0.25, 0.3) is 0 Å². The third-order valence-electron chi connectivity index (χ3n) is 5.60. The van der Waals surface area contributed by atoms with E-state index in [4.69, 9.17) is 14.2 Å². The Labute approximate surface area is 153 Å². The molecular weight excluding hydrogens is 356 g/mol. The zero-order valence-corrected chi connectivity index (χ0v) is 14.0. The van der Waals surface area contributed by atoms with Gasteiger partial charge in [0.25, 0.3) is 0 Å². The van der Waals surface area contributed by atoms with Crippen LogP contribution in [-0.2, 0) is 9.53 Å². The lowest BCUT2D eigenvalue weighted by Gasteiger charge is -2.36. The van der Waals surface area contributed by atoms with Crippen molar-refractivity contribution >= 4 is 5.97 Å². The quantitative estimate of drug-likeness (QED) is 0.438. The number of aliphatic hydroxyl groups excluding tert-OH is 1. The summed E-state index contributed by atoms with van der Waals surface area (Å²) in [5.41, 5.74) is 1.62. The summed E-state index contributed by atoms with van der Waals surface area (Å²) in [6.45, 7) is 0.139. The maximum absolute atomic E-state index is 12.5. The van der Waals surface area contributed by atoms with Gasteiger partial charge in [0.2, 0.25) is 6.79 Å². The molecule has 0 saturated carbocycles. The molecule has 27 heavy (non-hydrogen) atoms. The summed E-state index contributed by atoms with van der Waals surface area (Å²) < 4.78 is 16.0. The minimum Gasteiger partial charge on any atom is -0.504 e. The largest absolute Gasteiger partial charge is 0.504 e. The van der Waals surface area contributed by atoms with Crippen LogP contribution in [0, 0.1) is 11.8 Å². The molecule has 4 atom stereocenters. The monoisotopic (exact) mass is 372 g/mol. The fraction of sp³-hybridized carbons (Fsp3) is 0.316. The zero-order chi connectivity index (χ0) is 18.9. The number of rotatable bonds is 1. The fourth-order valence-corrected chi connectivity index (χ4v) is 4.34. The first-order valence-corrected chi connectivity index (χ1v) is 8.48. The molecule has 0 unspecified atom stereocenters. The molecule has 0 radical (unpaired) electrons. The van der Waals surface area contributed by atoms with Crippen molar-refractivity contribution in [3.63, 3.8) is 0 Å². The molecule has 0 amide bonds. The van der Waals surface area contributed by atoms with Crippen molar-refractivity contribution in [1.82, 2.24) is 0 Å². The summed E-state index contributed by atoms with van der Waals surface area (Å²) in [6, 6.07) is 5.99. The summed E-state index contributed by atoms with van der Waals surface area (Å²) in [5, 5.41) is 40.4. The highest BCUT2D eigenvalue weighted by atomic mass is 16.7. The van der Waals surface area contributed by atoms with E-state index in [1.54, 1.807) is 12.1 Å². The van der Waals surface area contributed by atoms with Gasteiger partial charge in [0.05, 0.1) is 18.6 Å². The normalized spacial score (nSPS) is 27.8. The van der Waals surface area contributed by atoms with Crippen LogP contribution in [0.5, 0.6) is 28.7 Å². The average molecular weight is 372 g/mol. The van der Waals surface area contributed by atoms with Crippen LogP contribution in [0.4, 0.5) is 0 Å². The van der Waals surface area contributed by atoms with Crippen molar-refractivity contribution in [2.75, 3.05) is 13.4 Å². The minimum atomic E-state index is -0.929. The summed E-state index contributed by atoms with van der Waals surface area (Å²) in [5.74, 6) is -2.87. The smallest absolute Gasteiger partial charge is 0.310 e. The molecule has 2 aromatic carbocycles. The van der Waals surface area contributed by atoms with Crippen LogP contribution in [0.2, 0.25) is 0 Å². The van der Waals surface area contributed by atoms with Gasteiger partial charge < -0.3 is 34.6 Å². The number of ether oxygens (including phenoxy) is 3. The Hall–Kier alpha value is -3.13. The topological polar surface area (TPSA) is 126 Å². The van der Waals surface area contributed by atoms with Gasteiger partial charge in [-0.1, -0.05) is 0 Å². The highest BCUT2D eigenvalue weighted by molar-refractivity contribution is 5.79. The molecule has 0 spiro atoms. The molecule has 2 aromatic rings. The van der Waals surface area contributed by atoms with Crippen molar-refractivity contribution in [2.24, 2.45) is 11.8 Å². The molecule has 1 fully saturated rings. The zero-order valence-electron chi connectivity index (χ0n) is 14.0. The summed E-state index contributed by atoms with van der Waals surface area (Å²) in [4.78, 5) is 12.5. The van der Waals surface area contributed by atoms with Gasteiger partial charge in [-0.15, -0.1) is 0 Å². The summed E-state index contributed by atoms with van der Waals surface area (Å²) in [7, 11) is 0. The average Bonchev–Trinajstić information content (AvgIpc) is 3.25. The third kappa shape index (κ3) is 2.16. The van der Waals surface area contributed by atoms with Crippen LogP contribution < -0.4 is 9.47 Å². The molecule has 1 saturated heterocycles. The van der Waals surface area contributed by atoms with E-state index in [1.165, 1.54) is 12.1 Å². The van der Waals surface area contributed by atoms with E-state index in [1.807, 2.05) is 0 Å². The number of phenolic OH excluding ortho intramolecular Hbond substituents is 3. The summed E-state index contributed by atoms with van der Waals surface area (Å²) in [6.07, 6.45) is -0.929. The number of fused-ring (bicyclic) bond motifs is 3. The number of carbonyl (C=O) groups excluding carboxylic acids is 1. The van der Waals surface area contributed by atoms with Crippen molar-refractivity contribution in [3.8, 4) is 28.7 Å². The first kappa shape index (κ1) is 16.1. The second-order valence-corrected chi connectivity index (χ2v) is 6.98. The number of cyclic esters (lactones) is 1. The van der Waals surface area contributed by atoms with E-state index >= 15 is 0 Å². The van der Waals surface area contributed by atoms with Gasteiger partial charge in [0, 0.05) is 11.8 Å². The van der Waals surface area contributed by atoms with Crippen molar-refractivity contribution in [1.29, 1.82) is 0 Å². The minimum absolute atomic E-state index is 0.0642. The Kier molecular flexibility index (Phi) is 3.23. The predicted octanol–water partition coefficient (Wildman–Crippen LogP) is 1.50. The number of hydrogen-bond donors (Lipinski definition) is 4. The van der Waals surface area contributed by atoms with Crippen LogP contribution in [0.1, 0.15) is 28.7 Å². The molecule has 4 N–H and O–H groups in total. The molecule has 8 nitrogen and oxygen atoms in total. The molecule has 1 aliphatic carbocycles. The van der Waals surface area contributed by atoms with Crippen LogP contribution >= 0.6 is 0 Å². The Morgan fingerprint density at radius 1 is 0.889 bits per heavy atom. The van der Waals surface area contributed by atoms with Gasteiger partial charge in [-0.05, 0) is 41.0 Å². The molecule has 3 aliphatic rings.